The first-order valence-corrected chi connectivity index (χ1v) is 7.60. The first-order chi connectivity index (χ1) is 6.58. The Hall–Kier alpha value is 0.200. The predicted octanol–water partition coefficient (Wildman–Crippen LogP) is 2.29. The van der Waals surface area contributed by atoms with Gasteiger partial charge in [-0.15, -0.1) is 0 Å². The Morgan fingerprint density at radius 2 is 1.93 bits per heavy atom. The summed E-state index contributed by atoms with van der Waals surface area (Å²) in [5.41, 5.74) is 0. The first-order valence-electron chi connectivity index (χ1n) is 5.12. The molecule has 0 bridgehead atoms. The van der Waals surface area contributed by atoms with Crippen molar-refractivity contribution < 1.29 is 13.2 Å². The topological polar surface area (TPSA) is 43.4 Å². The molecule has 1 aliphatic rings. The molecule has 3 nitrogen and oxygen atoms in total. The Kier molecular flexibility index (Phi) is 5.20. The van der Waals surface area contributed by atoms with Gasteiger partial charge in [0, 0.05) is 17.3 Å². The fourth-order valence-corrected chi connectivity index (χ4v) is 2.22. The van der Waals surface area contributed by atoms with Crippen LogP contribution in [0, 0.1) is 0 Å². The molecule has 1 saturated carbocycles. The zero-order valence-corrected chi connectivity index (χ0v) is 9.82. The Bertz CT molecular complexity index is 247. The van der Waals surface area contributed by atoms with Crippen LogP contribution >= 0.6 is 10.7 Å². The Morgan fingerprint density at radius 1 is 1.21 bits per heavy atom. The van der Waals surface area contributed by atoms with Crippen LogP contribution < -0.4 is 0 Å². The van der Waals surface area contributed by atoms with Crippen LogP contribution in [0.4, 0.5) is 0 Å². The minimum Gasteiger partial charge on any atom is -0.378 e. The smallest absolute Gasteiger partial charge is 0.232 e. The molecule has 0 aromatic rings. The highest BCUT2D eigenvalue weighted by Gasteiger charge is 2.16. The number of unbranched alkanes of at least 4 members (excludes halogenated alkanes) is 2. The van der Waals surface area contributed by atoms with Crippen LogP contribution in [-0.4, -0.2) is 26.9 Å². The van der Waals surface area contributed by atoms with E-state index < -0.39 is 9.05 Å². The van der Waals surface area contributed by atoms with E-state index in [9.17, 15) is 8.42 Å². The molecule has 0 radical (unpaired) electrons. The molecule has 84 valence electrons. The maximum absolute atomic E-state index is 10.6. The average Bonchev–Trinajstić information content (AvgIpc) is 1.97. The minimum atomic E-state index is -3.29. The minimum absolute atomic E-state index is 0.0813. The number of hydrogen-bond donors (Lipinski definition) is 0. The van der Waals surface area contributed by atoms with Crippen LogP contribution in [-0.2, 0) is 13.8 Å². The van der Waals surface area contributed by atoms with Crippen LogP contribution in [0.15, 0.2) is 0 Å². The van der Waals surface area contributed by atoms with E-state index in [4.69, 9.17) is 15.4 Å². The Balaban J connectivity index is 1.84. The summed E-state index contributed by atoms with van der Waals surface area (Å²) < 4.78 is 26.7. The lowest BCUT2D eigenvalue weighted by Crippen LogP contribution is -2.21. The van der Waals surface area contributed by atoms with Crippen molar-refractivity contribution >= 4 is 19.7 Å². The molecule has 1 fully saturated rings. The summed E-state index contributed by atoms with van der Waals surface area (Å²) in [6.07, 6.45) is 6.59. The molecule has 5 heteroatoms. The number of rotatable bonds is 7. The standard InChI is InChI=1S/C9H17ClO3S/c10-14(11,12)8-3-1-2-7-13-9-5-4-6-9/h9H,1-8H2. The van der Waals surface area contributed by atoms with E-state index in [1.165, 1.54) is 19.3 Å². The lowest BCUT2D eigenvalue weighted by molar-refractivity contribution is 0.000765. The fourth-order valence-electron chi connectivity index (χ4n) is 1.34. The highest BCUT2D eigenvalue weighted by Crippen LogP contribution is 2.22. The van der Waals surface area contributed by atoms with Crippen LogP contribution in [0.5, 0.6) is 0 Å². The van der Waals surface area contributed by atoms with Crippen LogP contribution in [0.25, 0.3) is 0 Å². The summed E-state index contributed by atoms with van der Waals surface area (Å²) in [5.74, 6) is 0.0813. The lowest BCUT2D eigenvalue weighted by Gasteiger charge is -2.25. The van der Waals surface area contributed by atoms with Crippen molar-refractivity contribution in [2.75, 3.05) is 12.4 Å². The maximum Gasteiger partial charge on any atom is 0.232 e. The van der Waals surface area contributed by atoms with Crippen molar-refractivity contribution in [2.45, 2.75) is 44.6 Å². The van der Waals surface area contributed by atoms with E-state index in [0.29, 0.717) is 12.5 Å². The molecular weight excluding hydrogens is 224 g/mol. The largest absolute Gasteiger partial charge is 0.378 e. The summed E-state index contributed by atoms with van der Waals surface area (Å²) >= 11 is 0. The zero-order chi connectivity index (χ0) is 10.4. The van der Waals surface area contributed by atoms with Crippen molar-refractivity contribution in [1.82, 2.24) is 0 Å². The zero-order valence-electron chi connectivity index (χ0n) is 8.25. The van der Waals surface area contributed by atoms with Gasteiger partial charge in [-0.05, 0) is 32.1 Å². The van der Waals surface area contributed by atoms with Crippen LogP contribution in [0.1, 0.15) is 38.5 Å². The molecule has 0 amide bonds. The molecule has 0 atom stereocenters. The van der Waals surface area contributed by atoms with Gasteiger partial charge in [-0.25, -0.2) is 8.42 Å². The first kappa shape index (κ1) is 12.3. The third kappa shape index (κ3) is 5.83. The summed E-state index contributed by atoms with van der Waals surface area (Å²) in [4.78, 5) is 0. The number of halogens is 1. The van der Waals surface area contributed by atoms with Gasteiger partial charge < -0.3 is 4.74 Å². The van der Waals surface area contributed by atoms with E-state index in [1.54, 1.807) is 0 Å². The van der Waals surface area contributed by atoms with Crippen molar-refractivity contribution in [2.24, 2.45) is 0 Å². The van der Waals surface area contributed by atoms with Gasteiger partial charge in [0.15, 0.2) is 0 Å². The third-order valence-electron chi connectivity index (χ3n) is 2.44. The highest BCUT2D eigenvalue weighted by molar-refractivity contribution is 8.13. The normalized spacial score (nSPS) is 18.1. The molecule has 0 aromatic carbocycles. The molecule has 0 saturated heterocycles. The average molecular weight is 241 g/mol. The van der Waals surface area contributed by atoms with E-state index >= 15 is 0 Å². The van der Waals surface area contributed by atoms with E-state index in [1.807, 2.05) is 0 Å². The van der Waals surface area contributed by atoms with E-state index in [0.717, 1.165) is 19.4 Å². The molecule has 0 aromatic heterocycles. The molecule has 0 unspecified atom stereocenters. The highest BCUT2D eigenvalue weighted by atomic mass is 35.7. The molecule has 1 rings (SSSR count). The molecule has 14 heavy (non-hydrogen) atoms. The molecule has 0 heterocycles. The number of ether oxygens (including phenoxy) is 1. The second-order valence-corrected chi connectivity index (χ2v) is 6.62. The quantitative estimate of drug-likeness (QED) is 0.507. The summed E-state index contributed by atoms with van der Waals surface area (Å²) in [6.45, 7) is 0.757. The van der Waals surface area contributed by atoms with Crippen LogP contribution in [0.3, 0.4) is 0 Å². The summed E-state index contributed by atoms with van der Waals surface area (Å²) in [6, 6.07) is 0. The van der Waals surface area contributed by atoms with E-state index in [2.05, 4.69) is 0 Å². The summed E-state index contributed by atoms with van der Waals surface area (Å²) in [5, 5.41) is 0. The SMILES string of the molecule is O=S(=O)(Cl)CCCCCOC1CCC1. The van der Waals surface area contributed by atoms with Crippen molar-refractivity contribution in [3.05, 3.63) is 0 Å². The van der Waals surface area contributed by atoms with Crippen LogP contribution in [0.2, 0.25) is 0 Å². The summed E-state index contributed by atoms with van der Waals surface area (Å²) in [7, 11) is 1.78. The molecule has 0 N–H and O–H groups in total. The second-order valence-electron chi connectivity index (χ2n) is 3.73. The molecule has 0 spiro atoms. The maximum atomic E-state index is 10.6. The van der Waals surface area contributed by atoms with Gasteiger partial charge in [0.05, 0.1) is 11.9 Å². The Labute approximate surface area is 90.2 Å². The molecular formula is C9H17ClO3S. The van der Waals surface area contributed by atoms with Gasteiger partial charge in [0.1, 0.15) is 0 Å². The van der Waals surface area contributed by atoms with Crippen molar-refractivity contribution in [3.8, 4) is 0 Å². The van der Waals surface area contributed by atoms with Gasteiger partial charge >= 0.3 is 0 Å². The lowest BCUT2D eigenvalue weighted by atomic mass is 9.96. The van der Waals surface area contributed by atoms with Gasteiger partial charge in [-0.3, -0.25) is 0 Å². The second kappa shape index (κ2) is 5.93. The third-order valence-corrected chi connectivity index (χ3v) is 3.68. The molecule has 1 aliphatic carbocycles. The van der Waals surface area contributed by atoms with Crippen molar-refractivity contribution in [3.63, 3.8) is 0 Å². The van der Waals surface area contributed by atoms with Gasteiger partial charge in [0.2, 0.25) is 9.05 Å². The predicted molar refractivity (Wildman–Crippen MR) is 57.1 cm³/mol. The van der Waals surface area contributed by atoms with Gasteiger partial charge in [-0.1, -0.05) is 6.42 Å². The van der Waals surface area contributed by atoms with Gasteiger partial charge in [0.25, 0.3) is 0 Å². The monoisotopic (exact) mass is 240 g/mol. The molecule has 0 aliphatic heterocycles. The fraction of sp³-hybridized carbons (Fsp3) is 1.00. The van der Waals surface area contributed by atoms with Gasteiger partial charge in [-0.2, -0.15) is 0 Å². The Morgan fingerprint density at radius 3 is 2.43 bits per heavy atom. The van der Waals surface area contributed by atoms with Crippen molar-refractivity contribution in [1.29, 1.82) is 0 Å². The van der Waals surface area contributed by atoms with E-state index in [-0.39, 0.29) is 5.75 Å². The number of hydrogen-bond acceptors (Lipinski definition) is 3.